The minimum absolute atomic E-state index is 0.127. The molecule has 1 atom stereocenters. The predicted octanol–water partition coefficient (Wildman–Crippen LogP) is 2.29. The van der Waals surface area contributed by atoms with E-state index in [0.29, 0.717) is 17.6 Å². The van der Waals surface area contributed by atoms with Crippen molar-refractivity contribution in [2.75, 3.05) is 11.9 Å². The number of pyridine rings is 1. The lowest BCUT2D eigenvalue weighted by atomic mass is 10.1. The first kappa shape index (κ1) is 16.1. The van der Waals surface area contributed by atoms with Crippen molar-refractivity contribution in [1.29, 1.82) is 0 Å². The number of para-hydroxylation sites is 2. The number of amides is 2. The van der Waals surface area contributed by atoms with Crippen molar-refractivity contribution in [3.05, 3.63) is 66.4 Å². The van der Waals surface area contributed by atoms with E-state index in [1.165, 1.54) is 0 Å². The lowest BCUT2D eigenvalue weighted by Gasteiger charge is -2.12. The molecular formula is C20H17N3O3. The second kappa shape index (κ2) is 6.84. The summed E-state index contributed by atoms with van der Waals surface area (Å²) in [6.07, 6.45) is 1.59. The first-order valence-corrected chi connectivity index (χ1v) is 8.36. The van der Waals surface area contributed by atoms with Crippen molar-refractivity contribution in [2.45, 2.75) is 12.5 Å². The van der Waals surface area contributed by atoms with E-state index in [4.69, 9.17) is 4.74 Å². The number of benzene rings is 2. The highest BCUT2D eigenvalue weighted by Crippen LogP contribution is 2.28. The molecule has 26 heavy (non-hydrogen) atoms. The van der Waals surface area contributed by atoms with Crippen molar-refractivity contribution in [1.82, 2.24) is 10.3 Å². The summed E-state index contributed by atoms with van der Waals surface area (Å²) in [6, 6.07) is 16.9. The van der Waals surface area contributed by atoms with E-state index in [9.17, 15) is 9.59 Å². The van der Waals surface area contributed by atoms with Crippen LogP contribution < -0.4 is 15.4 Å². The Bertz CT molecular complexity index is 956. The Morgan fingerprint density at radius 3 is 2.81 bits per heavy atom. The second-order valence-electron chi connectivity index (χ2n) is 6.07. The smallest absolute Gasteiger partial charge is 0.261 e. The largest absolute Gasteiger partial charge is 0.480 e. The molecule has 0 aliphatic carbocycles. The molecule has 4 rings (SSSR count). The fraction of sp³-hybridized carbons (Fsp3) is 0.150. The molecule has 1 aliphatic rings. The Morgan fingerprint density at radius 2 is 1.92 bits per heavy atom. The van der Waals surface area contributed by atoms with Gasteiger partial charge in [-0.25, -0.2) is 0 Å². The van der Waals surface area contributed by atoms with Crippen LogP contribution in [0.4, 0.5) is 5.69 Å². The lowest BCUT2D eigenvalue weighted by Crippen LogP contribution is -2.41. The molecule has 1 unspecified atom stereocenters. The van der Waals surface area contributed by atoms with Crippen LogP contribution in [0.25, 0.3) is 10.9 Å². The third-order valence-electron chi connectivity index (χ3n) is 4.27. The fourth-order valence-electron chi connectivity index (χ4n) is 3.01. The molecule has 2 heterocycles. The molecule has 6 heteroatoms. The topological polar surface area (TPSA) is 80.3 Å². The number of fused-ring (bicyclic) bond motifs is 2. The molecule has 0 bridgehead atoms. The molecule has 2 amide bonds. The molecule has 1 aromatic heterocycles. The number of carbonyl (C=O) groups is 2. The molecule has 6 nitrogen and oxygen atoms in total. The number of nitrogens with zero attached hydrogens (tertiary/aromatic N) is 1. The molecule has 0 fully saturated rings. The van der Waals surface area contributed by atoms with Crippen LogP contribution in [-0.2, 0) is 16.0 Å². The third kappa shape index (κ3) is 3.21. The number of nitrogens with one attached hydrogen (secondary N) is 2. The van der Waals surface area contributed by atoms with Crippen LogP contribution in [0.15, 0.2) is 60.8 Å². The van der Waals surface area contributed by atoms with E-state index < -0.39 is 6.10 Å². The van der Waals surface area contributed by atoms with Gasteiger partial charge in [-0.2, -0.15) is 0 Å². The molecule has 0 radical (unpaired) electrons. The van der Waals surface area contributed by atoms with Gasteiger partial charge >= 0.3 is 0 Å². The van der Waals surface area contributed by atoms with Gasteiger partial charge in [0.15, 0.2) is 6.10 Å². The summed E-state index contributed by atoms with van der Waals surface area (Å²) in [6.45, 7) is -0.127. The molecule has 0 spiro atoms. The van der Waals surface area contributed by atoms with E-state index in [0.717, 1.165) is 16.7 Å². The van der Waals surface area contributed by atoms with Crippen molar-refractivity contribution < 1.29 is 14.3 Å². The maximum absolute atomic E-state index is 12.3. The van der Waals surface area contributed by atoms with Crippen molar-refractivity contribution in [2.24, 2.45) is 0 Å². The number of hydrogen-bond donors (Lipinski definition) is 2. The summed E-state index contributed by atoms with van der Waals surface area (Å²) in [4.78, 5) is 28.7. The van der Waals surface area contributed by atoms with Gasteiger partial charge < -0.3 is 15.4 Å². The number of carbonyl (C=O) groups excluding carboxylic acids is 2. The van der Waals surface area contributed by atoms with E-state index in [-0.39, 0.29) is 18.4 Å². The maximum Gasteiger partial charge on any atom is 0.261 e. The van der Waals surface area contributed by atoms with Crippen LogP contribution in [0.5, 0.6) is 5.75 Å². The SMILES string of the molecule is O=C(CNC(=O)C1Cc2ccccc2O1)Nc1cccc2cccnc12. The van der Waals surface area contributed by atoms with Gasteiger partial charge in [0, 0.05) is 18.0 Å². The van der Waals surface area contributed by atoms with E-state index in [1.807, 2.05) is 48.5 Å². The average Bonchev–Trinajstić information content (AvgIpc) is 3.11. The summed E-state index contributed by atoms with van der Waals surface area (Å²) < 4.78 is 5.62. The van der Waals surface area contributed by atoms with E-state index in [1.54, 1.807) is 12.3 Å². The van der Waals surface area contributed by atoms with Gasteiger partial charge in [-0.1, -0.05) is 36.4 Å². The van der Waals surface area contributed by atoms with Gasteiger partial charge in [0.2, 0.25) is 5.91 Å². The highest BCUT2D eigenvalue weighted by Gasteiger charge is 2.28. The standard InChI is InChI=1S/C20H17N3O3/c24-18(23-15-8-3-6-13-7-4-10-21-19(13)15)12-22-20(25)17-11-14-5-1-2-9-16(14)26-17/h1-10,17H,11-12H2,(H,22,25)(H,23,24). The summed E-state index contributed by atoms with van der Waals surface area (Å²) in [5, 5.41) is 6.36. The zero-order chi connectivity index (χ0) is 17.9. The summed E-state index contributed by atoms with van der Waals surface area (Å²) in [5.41, 5.74) is 2.33. The average molecular weight is 347 g/mol. The zero-order valence-corrected chi connectivity index (χ0v) is 13.9. The summed E-state index contributed by atoms with van der Waals surface area (Å²) in [7, 11) is 0. The minimum Gasteiger partial charge on any atom is -0.480 e. The normalized spacial score (nSPS) is 15.2. The predicted molar refractivity (Wildman–Crippen MR) is 97.9 cm³/mol. The summed E-state index contributed by atoms with van der Waals surface area (Å²) in [5.74, 6) is 0.110. The van der Waals surface area contributed by atoms with Crippen molar-refractivity contribution in [3.63, 3.8) is 0 Å². The number of rotatable bonds is 4. The number of ether oxygens (including phenoxy) is 1. The first-order valence-electron chi connectivity index (χ1n) is 8.36. The van der Waals surface area contributed by atoms with Gasteiger partial charge in [0.25, 0.3) is 5.91 Å². The molecule has 0 saturated heterocycles. The Labute approximate surface area is 150 Å². The van der Waals surface area contributed by atoms with Crippen LogP contribution in [-0.4, -0.2) is 29.4 Å². The molecule has 130 valence electrons. The Hall–Kier alpha value is -3.41. The third-order valence-corrected chi connectivity index (χ3v) is 4.27. The van der Waals surface area contributed by atoms with Crippen LogP contribution in [0.2, 0.25) is 0 Å². The molecule has 3 aromatic rings. The van der Waals surface area contributed by atoms with E-state index >= 15 is 0 Å². The van der Waals surface area contributed by atoms with Crippen LogP contribution >= 0.6 is 0 Å². The minimum atomic E-state index is -0.598. The van der Waals surface area contributed by atoms with E-state index in [2.05, 4.69) is 15.6 Å². The van der Waals surface area contributed by atoms with Gasteiger partial charge in [0.05, 0.1) is 17.7 Å². The number of aromatic nitrogens is 1. The van der Waals surface area contributed by atoms with Crippen molar-refractivity contribution >= 4 is 28.4 Å². The fourth-order valence-corrected chi connectivity index (χ4v) is 3.01. The highest BCUT2D eigenvalue weighted by atomic mass is 16.5. The monoisotopic (exact) mass is 347 g/mol. The van der Waals surface area contributed by atoms with Gasteiger partial charge in [-0.3, -0.25) is 14.6 Å². The number of anilines is 1. The lowest BCUT2D eigenvalue weighted by molar-refractivity contribution is -0.129. The van der Waals surface area contributed by atoms with Crippen LogP contribution in [0.1, 0.15) is 5.56 Å². The molecular weight excluding hydrogens is 330 g/mol. The number of hydrogen-bond acceptors (Lipinski definition) is 4. The zero-order valence-electron chi connectivity index (χ0n) is 13.9. The Morgan fingerprint density at radius 1 is 1.08 bits per heavy atom. The first-order chi connectivity index (χ1) is 12.7. The van der Waals surface area contributed by atoms with Gasteiger partial charge in [-0.05, 0) is 23.8 Å². The van der Waals surface area contributed by atoms with Crippen LogP contribution in [0.3, 0.4) is 0 Å². The Kier molecular flexibility index (Phi) is 4.23. The molecule has 2 N–H and O–H groups in total. The highest BCUT2D eigenvalue weighted by molar-refractivity contribution is 6.02. The summed E-state index contributed by atoms with van der Waals surface area (Å²) >= 11 is 0. The molecule has 0 saturated carbocycles. The maximum atomic E-state index is 12.3. The quantitative estimate of drug-likeness (QED) is 0.759. The second-order valence-corrected chi connectivity index (χ2v) is 6.07. The van der Waals surface area contributed by atoms with Crippen LogP contribution in [0, 0.1) is 0 Å². The van der Waals surface area contributed by atoms with Crippen molar-refractivity contribution in [3.8, 4) is 5.75 Å². The molecule has 1 aliphatic heterocycles. The van der Waals surface area contributed by atoms with Gasteiger partial charge in [0.1, 0.15) is 5.75 Å². The Balaban J connectivity index is 1.35. The van der Waals surface area contributed by atoms with Gasteiger partial charge in [-0.15, -0.1) is 0 Å². The molecule has 2 aromatic carbocycles.